The molecule has 0 heterocycles. The summed E-state index contributed by atoms with van der Waals surface area (Å²) >= 11 is 0. The lowest BCUT2D eigenvalue weighted by Gasteiger charge is -2.28. The molecule has 0 saturated heterocycles. The van der Waals surface area contributed by atoms with E-state index in [0.29, 0.717) is 0 Å². The first-order valence-electron chi connectivity index (χ1n) is 14.5. The molecule has 0 saturated carbocycles. The molecule has 0 N–H and O–H groups in total. The van der Waals surface area contributed by atoms with Crippen molar-refractivity contribution in [2.45, 2.75) is 20.8 Å². The van der Waals surface area contributed by atoms with Gasteiger partial charge in [0.05, 0.1) is 11.4 Å². The van der Waals surface area contributed by atoms with Gasteiger partial charge in [-0.3, -0.25) is 0 Å². The van der Waals surface area contributed by atoms with Gasteiger partial charge in [0.25, 0.3) is 0 Å². The summed E-state index contributed by atoms with van der Waals surface area (Å²) < 4.78 is 0. The predicted molar refractivity (Wildman–Crippen MR) is 182 cm³/mol. The van der Waals surface area contributed by atoms with Crippen LogP contribution in [0, 0.1) is 20.8 Å². The molecule has 1 heteroatoms. The molecule has 0 aliphatic heterocycles. The molecule has 0 aliphatic carbocycles. The van der Waals surface area contributed by atoms with Crippen molar-refractivity contribution in [1.82, 2.24) is 0 Å². The fraction of sp³-hybridized carbons (Fsp3) is 0.0732. The van der Waals surface area contributed by atoms with E-state index >= 15 is 0 Å². The molecular formula is C41H35N. The van der Waals surface area contributed by atoms with Crippen molar-refractivity contribution in [2.24, 2.45) is 0 Å². The van der Waals surface area contributed by atoms with Gasteiger partial charge in [0.1, 0.15) is 0 Å². The average molecular weight is 542 g/mol. The Morgan fingerprint density at radius 2 is 0.786 bits per heavy atom. The molecule has 0 aliphatic rings. The highest BCUT2D eigenvalue weighted by Gasteiger charge is 2.17. The third-order valence-electron chi connectivity index (χ3n) is 7.70. The maximum Gasteiger partial charge on any atom is 0.0540 e. The lowest BCUT2D eigenvalue weighted by molar-refractivity contribution is 1.31. The summed E-state index contributed by atoms with van der Waals surface area (Å²) in [5.74, 6) is 0. The highest BCUT2D eigenvalue weighted by molar-refractivity contribution is 6.04. The van der Waals surface area contributed by atoms with Crippen LogP contribution >= 0.6 is 0 Å². The van der Waals surface area contributed by atoms with E-state index in [0.717, 1.165) is 5.69 Å². The van der Waals surface area contributed by atoms with Crippen LogP contribution in [0.5, 0.6) is 0 Å². The van der Waals surface area contributed by atoms with E-state index in [1.807, 2.05) is 0 Å². The minimum atomic E-state index is 1.14. The minimum Gasteiger partial charge on any atom is -0.309 e. The fourth-order valence-electron chi connectivity index (χ4n) is 5.57. The van der Waals surface area contributed by atoms with Crippen molar-refractivity contribution >= 4 is 38.6 Å². The van der Waals surface area contributed by atoms with Crippen LogP contribution in [-0.2, 0) is 0 Å². The highest BCUT2D eigenvalue weighted by atomic mass is 15.1. The molecule has 7 aromatic carbocycles. The van der Waals surface area contributed by atoms with Crippen LogP contribution < -0.4 is 4.90 Å². The third kappa shape index (κ3) is 5.82. The summed E-state index contributed by atoms with van der Waals surface area (Å²) in [6.45, 7) is 6.33. The van der Waals surface area contributed by atoms with E-state index in [9.17, 15) is 0 Å². The smallest absolute Gasteiger partial charge is 0.0540 e. The quantitative estimate of drug-likeness (QED) is 0.214. The number of fused-ring (bicyclic) bond motifs is 2. The van der Waals surface area contributed by atoms with Gasteiger partial charge in [-0.05, 0) is 66.9 Å². The van der Waals surface area contributed by atoms with E-state index in [1.54, 1.807) is 0 Å². The van der Waals surface area contributed by atoms with Gasteiger partial charge < -0.3 is 4.90 Å². The van der Waals surface area contributed by atoms with Crippen molar-refractivity contribution in [3.05, 3.63) is 174 Å². The van der Waals surface area contributed by atoms with Crippen molar-refractivity contribution < 1.29 is 0 Å². The predicted octanol–water partition coefficient (Wildman–Crippen LogP) is 11.7. The standard InChI is InChI=1S/C33H25N.C8H10/c1-24-16-18-25(19-17-24)26-20-22-29(23-21-26)34(32-14-6-10-27-8-2-4-12-30(27)32)33-15-7-11-28-9-3-5-13-31(28)33;1-7-4-3-5-8(2)6-7/h2-23H,1H3;3-6H,1-2H3. The Labute approximate surface area is 249 Å². The van der Waals surface area contributed by atoms with E-state index < -0.39 is 0 Å². The molecule has 0 unspecified atom stereocenters. The van der Waals surface area contributed by atoms with E-state index in [1.165, 1.54) is 60.7 Å². The molecule has 0 aromatic heterocycles. The molecule has 7 aromatic rings. The normalized spacial score (nSPS) is 10.7. The lowest BCUT2D eigenvalue weighted by Crippen LogP contribution is -2.11. The summed E-state index contributed by atoms with van der Waals surface area (Å²) in [5.41, 5.74) is 9.91. The van der Waals surface area contributed by atoms with Crippen LogP contribution in [0.1, 0.15) is 16.7 Å². The summed E-state index contributed by atoms with van der Waals surface area (Å²) in [4.78, 5) is 2.39. The zero-order valence-electron chi connectivity index (χ0n) is 24.5. The maximum atomic E-state index is 2.39. The Balaban J connectivity index is 0.000000343. The van der Waals surface area contributed by atoms with Crippen LogP contribution in [0.4, 0.5) is 17.1 Å². The van der Waals surface area contributed by atoms with Crippen molar-refractivity contribution in [3.63, 3.8) is 0 Å². The molecule has 7 rings (SSSR count). The second-order valence-electron chi connectivity index (χ2n) is 10.9. The summed E-state index contributed by atoms with van der Waals surface area (Å²) in [6.07, 6.45) is 0. The van der Waals surface area contributed by atoms with Gasteiger partial charge in [-0.2, -0.15) is 0 Å². The van der Waals surface area contributed by atoms with E-state index in [-0.39, 0.29) is 0 Å². The number of benzene rings is 7. The molecule has 1 nitrogen and oxygen atoms in total. The molecule has 0 amide bonds. The van der Waals surface area contributed by atoms with Gasteiger partial charge >= 0.3 is 0 Å². The Morgan fingerprint density at radius 1 is 0.357 bits per heavy atom. The Morgan fingerprint density at radius 3 is 1.26 bits per heavy atom. The van der Waals surface area contributed by atoms with Gasteiger partial charge in [-0.25, -0.2) is 0 Å². The Kier molecular flexibility index (Phi) is 7.83. The molecule has 0 radical (unpaired) electrons. The highest BCUT2D eigenvalue weighted by Crippen LogP contribution is 2.42. The van der Waals surface area contributed by atoms with Crippen LogP contribution in [0.3, 0.4) is 0 Å². The topological polar surface area (TPSA) is 3.24 Å². The molecular weight excluding hydrogens is 506 g/mol. The Hall–Kier alpha value is -5.14. The van der Waals surface area contributed by atoms with Crippen molar-refractivity contribution in [3.8, 4) is 11.1 Å². The van der Waals surface area contributed by atoms with Crippen molar-refractivity contribution in [1.29, 1.82) is 0 Å². The molecule has 0 spiro atoms. The molecule has 42 heavy (non-hydrogen) atoms. The molecule has 0 atom stereocenters. The summed E-state index contributed by atoms with van der Waals surface area (Å²) in [6, 6.07) is 56.4. The van der Waals surface area contributed by atoms with Gasteiger partial charge in [0, 0.05) is 16.5 Å². The zero-order chi connectivity index (χ0) is 28.9. The molecule has 0 fully saturated rings. The monoisotopic (exact) mass is 541 g/mol. The first kappa shape index (κ1) is 27.1. The maximum absolute atomic E-state index is 2.39. The van der Waals surface area contributed by atoms with Crippen LogP contribution in [-0.4, -0.2) is 0 Å². The minimum absolute atomic E-state index is 1.14. The van der Waals surface area contributed by atoms with Gasteiger partial charge in [-0.1, -0.05) is 150 Å². The molecule has 0 bridgehead atoms. The van der Waals surface area contributed by atoms with Crippen molar-refractivity contribution in [2.75, 3.05) is 4.90 Å². The van der Waals surface area contributed by atoms with Gasteiger partial charge in [-0.15, -0.1) is 0 Å². The van der Waals surface area contributed by atoms with E-state index in [2.05, 4.69) is 183 Å². The number of anilines is 3. The first-order chi connectivity index (χ1) is 20.6. The number of nitrogens with zero attached hydrogens (tertiary/aromatic N) is 1. The summed E-state index contributed by atoms with van der Waals surface area (Å²) in [7, 11) is 0. The van der Waals surface area contributed by atoms with Crippen LogP contribution in [0.15, 0.2) is 158 Å². The SMILES string of the molecule is Cc1ccc(-c2ccc(N(c3cccc4ccccc34)c3cccc4ccccc34)cc2)cc1.Cc1cccc(C)c1. The van der Waals surface area contributed by atoms with Crippen LogP contribution in [0.2, 0.25) is 0 Å². The molecule has 204 valence electrons. The fourth-order valence-corrected chi connectivity index (χ4v) is 5.57. The number of aryl methyl sites for hydroxylation is 3. The van der Waals surface area contributed by atoms with E-state index in [4.69, 9.17) is 0 Å². The first-order valence-corrected chi connectivity index (χ1v) is 14.5. The number of hydrogen-bond acceptors (Lipinski definition) is 1. The lowest BCUT2D eigenvalue weighted by atomic mass is 10.0. The van der Waals surface area contributed by atoms with Gasteiger partial charge in [0.15, 0.2) is 0 Å². The number of rotatable bonds is 4. The Bertz CT molecular complexity index is 1840. The third-order valence-corrected chi connectivity index (χ3v) is 7.70. The van der Waals surface area contributed by atoms with Crippen LogP contribution in [0.25, 0.3) is 32.7 Å². The summed E-state index contributed by atoms with van der Waals surface area (Å²) in [5, 5.41) is 4.95. The number of hydrogen-bond donors (Lipinski definition) is 0. The zero-order valence-corrected chi connectivity index (χ0v) is 24.5. The second-order valence-corrected chi connectivity index (χ2v) is 10.9. The van der Waals surface area contributed by atoms with Gasteiger partial charge in [0.2, 0.25) is 0 Å². The average Bonchev–Trinajstić information content (AvgIpc) is 3.02. The largest absolute Gasteiger partial charge is 0.309 e. The second kappa shape index (κ2) is 12.2.